The minimum absolute atomic E-state index is 0.0840. The van der Waals surface area contributed by atoms with Crippen LogP contribution in [-0.4, -0.2) is 319 Å². The summed E-state index contributed by atoms with van der Waals surface area (Å²) in [5.41, 5.74) is 1.99. The second-order valence-electron chi connectivity index (χ2n) is 17.0. The third-order valence-electron chi connectivity index (χ3n) is 13.2. The SMILES string of the molecule is [B][B]B([B])B(B([B])[B])B(B(B(B([B])[B])B([B])B([B])[B])B(B([B])[B])B(B([B])[B])B([B])[B])C1CCC(B(B(B([B])[B])B([B])[B])B(B([B][B])B([B])[B])c2ccc(C)cc2)CC1. The molecule has 0 N–H and O–H groups in total. The Morgan fingerprint density at radius 3 is 1.14 bits per heavy atom. The second kappa shape index (κ2) is 26.3. The van der Waals surface area contributed by atoms with Crippen molar-refractivity contribution >= 4 is 324 Å². The number of hydrogen-bond donors (Lipinski definition) is 0. The van der Waals surface area contributed by atoms with Gasteiger partial charge in [0.05, 0.1) is 13.0 Å². The monoisotopic (exact) mass is 669 g/mol. The van der Waals surface area contributed by atoms with Gasteiger partial charge in [0.2, 0.25) is 0 Å². The summed E-state index contributed by atoms with van der Waals surface area (Å²) in [5, 5.41) is 0. The van der Waals surface area contributed by atoms with E-state index in [1.54, 1.807) is 0 Å². The van der Waals surface area contributed by atoms with Crippen molar-refractivity contribution < 1.29 is 0 Å². The Balaban J connectivity index is 2.98. The molecule has 0 aromatic heterocycles. The van der Waals surface area contributed by atoms with Gasteiger partial charge in [-0.15, -0.1) is 0 Å². The first-order valence-corrected chi connectivity index (χ1v) is 20.2. The summed E-state index contributed by atoms with van der Waals surface area (Å²) in [4.78, 5) is 0. The molecular weight excluding hydrogens is 643 g/mol. The predicted octanol–water partition coefficient (Wildman–Crippen LogP) is -13.7. The van der Waals surface area contributed by atoms with Crippen LogP contribution in [0.25, 0.3) is 0 Å². The van der Waals surface area contributed by atoms with E-state index in [0.29, 0.717) is 25.7 Å². The summed E-state index contributed by atoms with van der Waals surface area (Å²) in [6.07, 6.45) is -14.2. The maximum absolute atomic E-state index is 6.80. The van der Waals surface area contributed by atoms with Gasteiger partial charge in [-0.3, -0.25) is 0 Å². The van der Waals surface area contributed by atoms with Gasteiger partial charge in [-0.25, -0.2) is 0 Å². The van der Waals surface area contributed by atoms with Crippen LogP contribution in [0, 0.1) is 6.92 Å². The molecule has 204 valence electrons. The molecule has 0 bridgehead atoms. The van der Waals surface area contributed by atoms with E-state index < -0.39 is 121 Å². The van der Waals surface area contributed by atoms with Crippen LogP contribution in [0.15, 0.2) is 24.3 Å². The fraction of sp³-hybridized carbons (Fsp3) is 0.538. The van der Waals surface area contributed by atoms with E-state index in [4.69, 9.17) is 170 Å². The van der Waals surface area contributed by atoms with Gasteiger partial charge in [0.15, 0.2) is 0 Å². The molecule has 0 aliphatic heterocycles. The van der Waals surface area contributed by atoms with Gasteiger partial charge < -0.3 is 0 Å². The topological polar surface area (TPSA) is 0 Å². The average molecular weight is 660 g/mol. The fourth-order valence-electron chi connectivity index (χ4n) is 10.6. The van der Waals surface area contributed by atoms with Crippen LogP contribution in [0.1, 0.15) is 31.2 Å². The highest BCUT2D eigenvalue weighted by atomic mass is 14.2. The van der Waals surface area contributed by atoms with Gasteiger partial charge in [-0.05, 0) is 6.92 Å². The zero-order valence-electron chi connectivity index (χ0n) is 34.3. The number of benzene rings is 1. The fourth-order valence-corrected chi connectivity index (χ4v) is 10.6. The third kappa shape index (κ3) is 14.6. The van der Waals surface area contributed by atoms with E-state index >= 15 is 0 Å². The highest BCUT2D eigenvalue weighted by Crippen LogP contribution is 2.42. The van der Waals surface area contributed by atoms with Gasteiger partial charge in [-0.1, -0.05) is 72.6 Å². The molecule has 1 aliphatic carbocycles. The predicted molar refractivity (Wildman–Crippen MR) is 316 cm³/mol. The van der Waals surface area contributed by atoms with Crippen molar-refractivity contribution in [3.8, 4) is 0 Å². The van der Waals surface area contributed by atoms with Crippen LogP contribution >= 0.6 is 0 Å². The molecule has 1 aromatic carbocycles. The van der Waals surface area contributed by atoms with Crippen molar-refractivity contribution in [3.05, 3.63) is 29.8 Å². The minimum atomic E-state index is -1.14. The molecule has 0 amide bonds. The number of hydrogen-bond acceptors (Lipinski definition) is 0. The molecule has 0 nitrogen and oxygen atoms in total. The summed E-state index contributed by atoms with van der Waals surface area (Å²) in [5.74, 6) is -0.317. The molecule has 0 atom stereocenters. The highest BCUT2D eigenvalue weighted by Gasteiger charge is 2.56. The van der Waals surface area contributed by atoms with Gasteiger partial charge in [0, 0.05) is 306 Å². The van der Waals surface area contributed by atoms with Crippen molar-refractivity contribution in [1.82, 2.24) is 0 Å². The second-order valence-corrected chi connectivity index (χ2v) is 17.0. The quantitative estimate of drug-likeness (QED) is 0.0969. The van der Waals surface area contributed by atoms with E-state index in [-0.39, 0.29) is 24.6 Å². The maximum atomic E-state index is 6.80. The normalized spacial score (nSPS) is 14.2. The number of rotatable bonds is 24. The molecule has 1 fully saturated rings. The van der Waals surface area contributed by atoms with Gasteiger partial charge in [-0.2, -0.15) is 0 Å². The number of aryl methyl sites for hydroxylation is 1. The van der Waals surface area contributed by atoms with E-state index in [9.17, 15) is 0 Å². The van der Waals surface area contributed by atoms with Crippen molar-refractivity contribution in [2.75, 3.05) is 0 Å². The largest absolute Gasteiger partial charge is 0.0984 e. The average Bonchev–Trinajstić information content (AvgIpc) is 3.12. The Bertz CT molecular complexity index is 1250. The molecule has 0 unspecified atom stereocenters. The molecule has 46 radical (unpaired) electrons. The minimum Gasteiger partial charge on any atom is -0.0984 e. The van der Waals surface area contributed by atoms with Crippen molar-refractivity contribution in [3.63, 3.8) is 0 Å². The van der Waals surface area contributed by atoms with Crippen LogP contribution in [-0.2, 0) is 0 Å². The first kappa shape index (κ1) is 56.3. The lowest BCUT2D eigenvalue weighted by molar-refractivity contribution is 0.499. The molecule has 0 heterocycles. The van der Waals surface area contributed by atoms with Gasteiger partial charge in [0.1, 0.15) is 0 Å². The van der Waals surface area contributed by atoms with E-state index in [0.717, 1.165) is 11.0 Å². The van der Waals surface area contributed by atoms with E-state index in [2.05, 4.69) is 0 Å². The molecular formula is C13H17B45. The first-order valence-electron chi connectivity index (χ1n) is 20.2. The van der Waals surface area contributed by atoms with Gasteiger partial charge in [0.25, 0.3) is 0 Å². The molecule has 58 heavy (non-hydrogen) atoms. The van der Waals surface area contributed by atoms with Gasteiger partial charge >= 0.3 is 0 Å². The van der Waals surface area contributed by atoms with Crippen LogP contribution < -0.4 is 5.46 Å². The first-order chi connectivity index (χ1) is 27.0. The molecule has 45 heteroatoms. The molecule has 0 saturated heterocycles. The molecule has 1 aliphatic rings. The van der Waals surface area contributed by atoms with Crippen molar-refractivity contribution in [1.29, 1.82) is 0 Å². The summed E-state index contributed by atoms with van der Waals surface area (Å²) in [6, 6.07) is 8.06. The van der Waals surface area contributed by atoms with Crippen LogP contribution in [0.5, 0.6) is 0 Å². The summed E-state index contributed by atoms with van der Waals surface area (Å²) < 4.78 is 0. The Morgan fingerprint density at radius 2 is 0.810 bits per heavy atom. The smallest absolute Gasteiger partial charge is 0.0900 e. The zero-order chi connectivity index (χ0) is 44.5. The standard InChI is InChI=1S/C13H17B45/c1-10-2-4-11(5-3-10)38(52(37-15)42(18)19)39(53(43(20)21)44(22)23)12-6-8-13(9-7-12)40(54(45(24)25)50(34)36-14)55(57(48(30)31)51(35)41(16)17)58(49(32)33)56(46(26)27)47(28)29/h2-5,12-13H,6-9H2,1H3. The lowest BCUT2D eigenvalue weighted by Gasteiger charge is -2.53. The summed E-state index contributed by atoms with van der Waals surface area (Å²) >= 11 is 0. The van der Waals surface area contributed by atoms with E-state index in [1.165, 1.54) is 14.1 Å². The Labute approximate surface area is 395 Å². The summed E-state index contributed by atoms with van der Waals surface area (Å²) in [7, 11) is 146. The van der Waals surface area contributed by atoms with Crippen LogP contribution in [0.3, 0.4) is 0 Å². The Morgan fingerprint density at radius 1 is 0.414 bits per heavy atom. The lowest BCUT2D eigenvalue weighted by atomic mass is 8.34. The molecule has 1 aromatic rings. The zero-order valence-corrected chi connectivity index (χ0v) is 34.3. The van der Waals surface area contributed by atoms with Crippen molar-refractivity contribution in [2.24, 2.45) is 0 Å². The maximum Gasteiger partial charge on any atom is 0.0900 e. The molecule has 2 rings (SSSR count). The molecule has 0 spiro atoms. The van der Waals surface area contributed by atoms with E-state index in [1.807, 2.05) is 31.2 Å². The Hall–Kier alpha value is 2.14. The highest BCUT2D eigenvalue weighted by molar-refractivity contribution is 8.24. The summed E-state index contributed by atoms with van der Waals surface area (Å²) in [6.45, 7) is 0.655. The third-order valence-corrected chi connectivity index (χ3v) is 13.2. The Kier molecular flexibility index (Phi) is 25.5. The van der Waals surface area contributed by atoms with Crippen LogP contribution in [0.4, 0.5) is 0 Å². The molecule has 1 saturated carbocycles. The lowest BCUT2D eigenvalue weighted by Crippen LogP contribution is -2.87. The van der Waals surface area contributed by atoms with Crippen LogP contribution in [0.2, 0.25) is 11.6 Å². The van der Waals surface area contributed by atoms with Crippen molar-refractivity contribution in [2.45, 2.75) is 44.2 Å².